The molecule has 0 aliphatic carbocycles. The van der Waals surface area contributed by atoms with Crippen molar-refractivity contribution < 1.29 is 17.9 Å². The minimum Gasteiger partial charge on any atom is -0.497 e. The van der Waals surface area contributed by atoms with Gasteiger partial charge in [-0.05, 0) is 31.0 Å². The molecule has 1 aliphatic rings. The molecule has 2 aromatic rings. The van der Waals surface area contributed by atoms with Gasteiger partial charge in [0.1, 0.15) is 5.75 Å². The molecule has 0 spiro atoms. The third-order valence-electron chi connectivity index (χ3n) is 4.86. The van der Waals surface area contributed by atoms with Gasteiger partial charge in [-0.3, -0.25) is 9.48 Å². The van der Waals surface area contributed by atoms with Crippen molar-refractivity contribution in [1.82, 2.24) is 19.0 Å². The van der Waals surface area contributed by atoms with Gasteiger partial charge in [0, 0.05) is 45.6 Å². The lowest BCUT2D eigenvalue weighted by Gasteiger charge is -2.42. The molecule has 27 heavy (non-hydrogen) atoms. The first-order valence-electron chi connectivity index (χ1n) is 8.67. The average molecular weight is 392 g/mol. The van der Waals surface area contributed by atoms with Crippen molar-refractivity contribution in [3.05, 3.63) is 42.7 Å². The molecule has 8 nitrogen and oxygen atoms in total. The molecule has 1 atom stereocenters. The van der Waals surface area contributed by atoms with E-state index in [2.05, 4.69) is 5.10 Å². The van der Waals surface area contributed by atoms with E-state index in [1.807, 2.05) is 0 Å². The van der Waals surface area contributed by atoms with Crippen molar-refractivity contribution in [3.63, 3.8) is 0 Å². The number of benzene rings is 1. The van der Waals surface area contributed by atoms with Crippen LogP contribution in [0, 0.1) is 0 Å². The number of carbonyl (C=O) groups is 1. The van der Waals surface area contributed by atoms with Gasteiger partial charge in [0.2, 0.25) is 10.0 Å². The van der Waals surface area contributed by atoms with Crippen molar-refractivity contribution >= 4 is 15.9 Å². The number of carbonyl (C=O) groups excluding carboxylic acids is 1. The summed E-state index contributed by atoms with van der Waals surface area (Å²) >= 11 is 0. The summed E-state index contributed by atoms with van der Waals surface area (Å²) in [5.41, 5.74) is -1.06. The summed E-state index contributed by atoms with van der Waals surface area (Å²) in [5, 5.41) is 4.26. The Kier molecular flexibility index (Phi) is 5.25. The van der Waals surface area contributed by atoms with Crippen LogP contribution in [0.3, 0.4) is 0 Å². The van der Waals surface area contributed by atoms with Crippen molar-refractivity contribution in [1.29, 1.82) is 0 Å². The van der Waals surface area contributed by atoms with E-state index in [1.54, 1.807) is 49.4 Å². The summed E-state index contributed by atoms with van der Waals surface area (Å²) in [6.07, 6.45) is 4.39. The molecule has 0 saturated carbocycles. The number of piperidine rings is 1. The molecule has 0 radical (unpaired) electrons. The highest BCUT2D eigenvalue weighted by atomic mass is 32.2. The molecule has 1 aromatic heterocycles. The Bertz CT molecular complexity index is 911. The number of nitrogens with zero attached hydrogens (tertiary/aromatic N) is 4. The molecule has 0 bridgehead atoms. The van der Waals surface area contributed by atoms with E-state index in [0.29, 0.717) is 25.1 Å². The molecule has 1 amide bonds. The number of methoxy groups -OCH3 is 1. The minimum atomic E-state index is -3.77. The number of amides is 1. The number of sulfonamides is 1. The summed E-state index contributed by atoms with van der Waals surface area (Å²) in [5.74, 6) is 0.299. The van der Waals surface area contributed by atoms with Gasteiger partial charge < -0.3 is 9.64 Å². The van der Waals surface area contributed by atoms with Crippen molar-refractivity contribution in [2.24, 2.45) is 0 Å². The van der Waals surface area contributed by atoms with Crippen LogP contribution in [0.15, 0.2) is 47.6 Å². The van der Waals surface area contributed by atoms with Gasteiger partial charge in [-0.15, -0.1) is 0 Å². The molecule has 1 aromatic carbocycles. The molecular weight excluding hydrogens is 368 g/mol. The first kappa shape index (κ1) is 19.4. The Hall–Kier alpha value is -2.39. The van der Waals surface area contributed by atoms with Gasteiger partial charge in [-0.1, -0.05) is 6.07 Å². The van der Waals surface area contributed by atoms with Crippen LogP contribution in [-0.2, 0) is 20.4 Å². The Morgan fingerprint density at radius 3 is 2.70 bits per heavy atom. The lowest BCUT2D eigenvalue weighted by molar-refractivity contribution is -0.141. The Labute approximate surface area is 159 Å². The lowest BCUT2D eigenvalue weighted by Crippen LogP contribution is -2.59. The highest BCUT2D eigenvalue weighted by Crippen LogP contribution is 2.33. The summed E-state index contributed by atoms with van der Waals surface area (Å²) in [6.45, 7) is 0.383. The number of rotatable bonds is 5. The fraction of sp³-hybridized carbons (Fsp3) is 0.444. The van der Waals surface area contributed by atoms with Gasteiger partial charge >= 0.3 is 0 Å². The molecule has 1 saturated heterocycles. The lowest BCUT2D eigenvalue weighted by atomic mass is 9.88. The summed E-state index contributed by atoms with van der Waals surface area (Å²) < 4.78 is 34.5. The molecular formula is C18H24N4O4S. The van der Waals surface area contributed by atoms with Crippen LogP contribution >= 0.6 is 0 Å². The first-order valence-corrected chi connectivity index (χ1v) is 10.1. The van der Waals surface area contributed by atoms with Crippen LogP contribution in [0.1, 0.15) is 12.8 Å². The fourth-order valence-electron chi connectivity index (χ4n) is 3.51. The number of hydrogen-bond donors (Lipinski definition) is 0. The molecule has 9 heteroatoms. The third-order valence-corrected chi connectivity index (χ3v) is 6.70. The normalized spacial score (nSPS) is 21.0. The standard InChI is InChI=1S/C18H24N4O4S/c1-20(2)17(23)18(22-12-6-10-19-22)9-5-11-21(14-18)27(24,25)16-8-4-7-15(13-16)26-3/h4,6-8,10,12-13H,5,9,11,14H2,1-3H3. The highest BCUT2D eigenvalue weighted by Gasteiger charge is 2.48. The molecule has 3 rings (SSSR count). The van der Waals surface area contributed by atoms with Gasteiger partial charge in [0.05, 0.1) is 12.0 Å². The zero-order valence-electron chi connectivity index (χ0n) is 15.7. The quantitative estimate of drug-likeness (QED) is 0.762. The molecule has 1 unspecified atom stereocenters. The summed E-state index contributed by atoms with van der Waals surface area (Å²) in [6, 6.07) is 8.10. The molecule has 146 valence electrons. The topological polar surface area (TPSA) is 84.7 Å². The first-order chi connectivity index (χ1) is 12.8. The maximum atomic E-state index is 13.2. The predicted molar refractivity (Wildman–Crippen MR) is 99.9 cm³/mol. The van der Waals surface area contributed by atoms with Crippen LogP contribution in [-0.4, -0.2) is 67.6 Å². The van der Waals surface area contributed by atoms with Crippen molar-refractivity contribution in [2.45, 2.75) is 23.3 Å². The number of aromatic nitrogens is 2. The van der Waals surface area contributed by atoms with Gasteiger partial charge in [0.15, 0.2) is 5.54 Å². The van der Waals surface area contributed by atoms with Gasteiger partial charge in [0.25, 0.3) is 5.91 Å². The number of hydrogen-bond acceptors (Lipinski definition) is 5. The fourth-order valence-corrected chi connectivity index (χ4v) is 5.08. The average Bonchev–Trinajstić information content (AvgIpc) is 3.22. The van der Waals surface area contributed by atoms with E-state index in [-0.39, 0.29) is 17.3 Å². The Balaban J connectivity index is 2.01. The van der Waals surface area contributed by atoms with Crippen LogP contribution in [0.2, 0.25) is 0 Å². The summed E-state index contributed by atoms with van der Waals surface area (Å²) in [4.78, 5) is 14.7. The molecule has 1 aliphatic heterocycles. The van der Waals surface area contributed by atoms with Crippen LogP contribution in [0.5, 0.6) is 5.75 Å². The maximum Gasteiger partial charge on any atom is 0.251 e. The molecule has 0 N–H and O–H groups in total. The van der Waals surface area contributed by atoms with E-state index < -0.39 is 15.6 Å². The van der Waals surface area contributed by atoms with Crippen LogP contribution in [0.4, 0.5) is 0 Å². The monoisotopic (exact) mass is 392 g/mol. The second-order valence-electron chi connectivity index (χ2n) is 6.80. The van der Waals surface area contributed by atoms with Crippen LogP contribution in [0.25, 0.3) is 0 Å². The largest absolute Gasteiger partial charge is 0.497 e. The molecule has 2 heterocycles. The van der Waals surface area contributed by atoms with Gasteiger partial charge in [-0.25, -0.2) is 8.42 Å². The molecule has 1 fully saturated rings. The van der Waals surface area contributed by atoms with E-state index in [4.69, 9.17) is 4.74 Å². The SMILES string of the molecule is COc1cccc(S(=O)(=O)N2CCCC(C(=O)N(C)C)(n3cccn3)C2)c1. The summed E-state index contributed by atoms with van der Waals surface area (Å²) in [7, 11) is 1.06. The number of ether oxygens (including phenoxy) is 1. The Morgan fingerprint density at radius 2 is 2.07 bits per heavy atom. The maximum absolute atomic E-state index is 13.2. The van der Waals surface area contributed by atoms with E-state index in [9.17, 15) is 13.2 Å². The minimum absolute atomic E-state index is 0.0330. The van der Waals surface area contributed by atoms with Crippen molar-refractivity contribution in [2.75, 3.05) is 34.3 Å². The third kappa shape index (κ3) is 3.44. The van der Waals surface area contributed by atoms with E-state index >= 15 is 0 Å². The smallest absolute Gasteiger partial charge is 0.251 e. The second kappa shape index (κ2) is 7.32. The zero-order chi connectivity index (χ0) is 19.7. The zero-order valence-corrected chi connectivity index (χ0v) is 16.5. The van der Waals surface area contributed by atoms with Gasteiger partial charge in [-0.2, -0.15) is 9.40 Å². The second-order valence-corrected chi connectivity index (χ2v) is 8.74. The van der Waals surface area contributed by atoms with Crippen molar-refractivity contribution in [3.8, 4) is 5.75 Å². The van der Waals surface area contributed by atoms with E-state index in [0.717, 1.165) is 0 Å². The highest BCUT2D eigenvalue weighted by molar-refractivity contribution is 7.89. The van der Waals surface area contributed by atoms with Crippen LogP contribution < -0.4 is 4.74 Å². The van der Waals surface area contributed by atoms with E-state index in [1.165, 1.54) is 28.4 Å². The number of likely N-dealkylation sites (N-methyl/N-ethyl adjacent to an activating group) is 1. The predicted octanol–water partition coefficient (Wildman–Crippen LogP) is 1.16. The Morgan fingerprint density at radius 1 is 1.30 bits per heavy atom.